The Morgan fingerprint density at radius 3 is 1.66 bits per heavy atom. The van der Waals surface area contributed by atoms with Gasteiger partial charge in [-0.1, -0.05) is 42.0 Å². The third-order valence-corrected chi connectivity index (χ3v) is 11.2. The van der Waals surface area contributed by atoms with Gasteiger partial charge in [0.05, 0.1) is 4.90 Å². The molecule has 0 aliphatic rings. The molecular weight excluding hydrogens is 556 g/mol. The van der Waals surface area contributed by atoms with Gasteiger partial charge in [0.25, 0.3) is 0 Å². The highest BCUT2D eigenvalue weighted by atomic mass is 32.3. The van der Waals surface area contributed by atoms with Gasteiger partial charge in [0.2, 0.25) is 0 Å². The fraction of sp³-hybridized carbons (Fsp3) is 0.242. The van der Waals surface area contributed by atoms with Gasteiger partial charge in [0.1, 0.15) is 11.4 Å². The fourth-order valence-corrected chi connectivity index (χ4v) is 9.62. The smallest absolute Gasteiger partial charge is 0.344 e. The quantitative estimate of drug-likeness (QED) is 0.184. The van der Waals surface area contributed by atoms with Crippen LogP contribution in [0, 0.1) is 20.8 Å². The second-order valence-electron chi connectivity index (χ2n) is 10.9. The molecule has 0 amide bonds. The van der Waals surface area contributed by atoms with Crippen molar-refractivity contribution in [3.63, 3.8) is 0 Å². The third-order valence-electron chi connectivity index (χ3n) is 6.08. The SMILES string of the molecule is Cc1ccc(S(=O)(=O)OS(c2ccc(OCC(=O)OC(C)(C)C)cc2)(c2cccc(C)c2)c2cccc(C)c2)cc1. The summed E-state index contributed by atoms with van der Waals surface area (Å²) in [5, 5.41) is 0. The summed E-state index contributed by atoms with van der Waals surface area (Å²) in [6.45, 7) is 11.0. The monoisotopic (exact) mass is 592 g/mol. The predicted molar refractivity (Wildman–Crippen MR) is 162 cm³/mol. The van der Waals surface area contributed by atoms with Crippen molar-refractivity contribution in [3.8, 4) is 5.75 Å². The zero-order valence-electron chi connectivity index (χ0n) is 24.2. The second-order valence-corrected chi connectivity index (χ2v) is 15.3. The first kappa shape index (κ1) is 30.4. The number of hydrogen-bond acceptors (Lipinski definition) is 6. The van der Waals surface area contributed by atoms with Gasteiger partial charge in [-0.25, -0.2) is 8.42 Å². The van der Waals surface area contributed by atoms with Crippen LogP contribution in [0.3, 0.4) is 0 Å². The van der Waals surface area contributed by atoms with Crippen LogP contribution in [0.5, 0.6) is 5.75 Å². The van der Waals surface area contributed by atoms with Crippen molar-refractivity contribution < 1.29 is 26.3 Å². The highest BCUT2D eigenvalue weighted by Gasteiger charge is 2.38. The van der Waals surface area contributed by atoms with Gasteiger partial charge in [0.15, 0.2) is 6.61 Å². The lowest BCUT2D eigenvalue weighted by Crippen LogP contribution is -2.27. The van der Waals surface area contributed by atoms with Crippen LogP contribution in [0.25, 0.3) is 0 Å². The molecule has 4 aromatic rings. The largest absolute Gasteiger partial charge is 0.482 e. The molecule has 0 aromatic heterocycles. The molecule has 41 heavy (non-hydrogen) atoms. The van der Waals surface area contributed by atoms with Crippen LogP contribution in [-0.4, -0.2) is 26.6 Å². The van der Waals surface area contributed by atoms with E-state index in [0.717, 1.165) is 26.5 Å². The third kappa shape index (κ3) is 7.38. The average Bonchev–Trinajstić information content (AvgIpc) is 2.90. The zero-order chi connectivity index (χ0) is 29.8. The molecule has 8 heteroatoms. The number of ether oxygens (including phenoxy) is 2. The molecule has 0 N–H and O–H groups in total. The number of rotatable bonds is 9. The van der Waals surface area contributed by atoms with Crippen molar-refractivity contribution in [2.45, 2.75) is 66.7 Å². The van der Waals surface area contributed by atoms with Gasteiger partial charge >= 0.3 is 16.1 Å². The lowest BCUT2D eigenvalue weighted by Gasteiger charge is -2.39. The lowest BCUT2D eigenvalue weighted by atomic mass is 10.2. The van der Waals surface area contributed by atoms with Gasteiger partial charge in [-0.15, -0.1) is 0 Å². The summed E-state index contributed by atoms with van der Waals surface area (Å²) in [5.74, 6) is -0.0311. The minimum atomic E-state index is -4.21. The summed E-state index contributed by atoms with van der Waals surface area (Å²) in [6.07, 6.45) is 0. The minimum absolute atomic E-state index is 0.0811. The van der Waals surface area contributed by atoms with E-state index in [9.17, 15) is 13.2 Å². The van der Waals surface area contributed by atoms with Gasteiger partial charge in [0, 0.05) is 14.7 Å². The van der Waals surface area contributed by atoms with Gasteiger partial charge in [-0.05, 0) is 124 Å². The Morgan fingerprint density at radius 1 is 0.659 bits per heavy atom. The van der Waals surface area contributed by atoms with Crippen LogP contribution >= 0.6 is 10.3 Å². The van der Waals surface area contributed by atoms with Crippen LogP contribution in [-0.2, 0) is 23.3 Å². The van der Waals surface area contributed by atoms with E-state index < -0.39 is 32.0 Å². The number of benzene rings is 4. The normalized spacial score (nSPS) is 12.5. The highest BCUT2D eigenvalue weighted by molar-refractivity contribution is 8.33. The van der Waals surface area contributed by atoms with E-state index in [4.69, 9.17) is 13.1 Å². The highest BCUT2D eigenvalue weighted by Crippen LogP contribution is 2.70. The van der Waals surface area contributed by atoms with Gasteiger partial charge in [-0.3, -0.25) is 0 Å². The maximum absolute atomic E-state index is 13.9. The summed E-state index contributed by atoms with van der Waals surface area (Å²) in [6, 6.07) is 29.2. The van der Waals surface area contributed by atoms with Crippen molar-refractivity contribution in [3.05, 3.63) is 114 Å². The van der Waals surface area contributed by atoms with Crippen LogP contribution in [0.1, 0.15) is 37.5 Å². The second kappa shape index (κ2) is 12.1. The molecule has 0 fully saturated rings. The predicted octanol–water partition coefficient (Wildman–Crippen LogP) is 7.93. The number of carbonyl (C=O) groups excluding carboxylic acids is 1. The van der Waals surface area contributed by atoms with Crippen molar-refractivity contribution >= 4 is 26.4 Å². The number of esters is 1. The molecular formula is C33H36O6S2. The van der Waals surface area contributed by atoms with E-state index >= 15 is 0 Å². The molecule has 216 valence electrons. The number of hydrogen-bond donors (Lipinski definition) is 0. The van der Waals surface area contributed by atoms with E-state index in [2.05, 4.69) is 0 Å². The zero-order valence-corrected chi connectivity index (χ0v) is 25.8. The molecule has 0 heterocycles. The molecule has 0 spiro atoms. The average molecular weight is 593 g/mol. The van der Waals surface area contributed by atoms with Crippen LogP contribution < -0.4 is 4.74 Å². The van der Waals surface area contributed by atoms with Gasteiger partial charge < -0.3 is 9.47 Å². The first-order valence-electron chi connectivity index (χ1n) is 13.2. The molecule has 0 saturated carbocycles. The van der Waals surface area contributed by atoms with E-state index in [1.807, 2.05) is 69.3 Å². The summed E-state index contributed by atoms with van der Waals surface area (Å²) in [4.78, 5) is 14.4. The maximum Gasteiger partial charge on any atom is 0.344 e. The topological polar surface area (TPSA) is 78.9 Å². The standard InChI is InChI=1S/C33H36O6S2/c1-24-13-17-29(18-14-24)41(35,36)39-40(30-11-7-9-25(2)21-30,31-12-8-10-26(3)22-31)28-19-15-27(16-20-28)37-23-32(34)38-33(4,5)6/h7-22H,23H2,1-6H3. The van der Waals surface area contributed by atoms with E-state index in [1.54, 1.807) is 69.3 Å². The lowest BCUT2D eigenvalue weighted by molar-refractivity contribution is -0.157. The summed E-state index contributed by atoms with van der Waals surface area (Å²) in [5.41, 5.74) is 2.28. The molecule has 0 unspecified atom stereocenters. The van der Waals surface area contributed by atoms with E-state index in [0.29, 0.717) is 10.6 Å². The number of carbonyl (C=O) groups is 1. The van der Waals surface area contributed by atoms with Crippen molar-refractivity contribution in [1.29, 1.82) is 0 Å². The number of aryl methyl sites for hydroxylation is 3. The van der Waals surface area contributed by atoms with Gasteiger partial charge in [-0.2, -0.15) is 8.42 Å². The molecule has 0 radical (unpaired) electrons. The molecule has 4 aromatic carbocycles. The van der Waals surface area contributed by atoms with E-state index in [1.165, 1.54) is 0 Å². The summed E-state index contributed by atoms with van der Waals surface area (Å²) in [7, 11) is -7.01. The summed E-state index contributed by atoms with van der Waals surface area (Å²) >= 11 is 0. The first-order chi connectivity index (χ1) is 19.3. The Hall–Kier alpha value is -3.59. The van der Waals surface area contributed by atoms with Crippen LogP contribution in [0.4, 0.5) is 0 Å². The Balaban J connectivity index is 1.85. The fourth-order valence-electron chi connectivity index (χ4n) is 4.23. The Bertz CT molecular complexity index is 1570. The maximum atomic E-state index is 13.9. The molecule has 0 aliphatic carbocycles. The van der Waals surface area contributed by atoms with Crippen LogP contribution in [0.15, 0.2) is 117 Å². The first-order valence-corrected chi connectivity index (χ1v) is 16.2. The Morgan fingerprint density at radius 2 is 1.17 bits per heavy atom. The molecule has 0 atom stereocenters. The Labute approximate surface area is 244 Å². The molecule has 0 aliphatic heterocycles. The molecule has 0 bridgehead atoms. The van der Waals surface area contributed by atoms with Crippen molar-refractivity contribution in [1.82, 2.24) is 0 Å². The Kier molecular flexibility index (Phi) is 8.97. The molecule has 6 nitrogen and oxygen atoms in total. The molecule has 0 saturated heterocycles. The van der Waals surface area contributed by atoms with E-state index in [-0.39, 0.29) is 11.5 Å². The minimum Gasteiger partial charge on any atom is -0.482 e. The van der Waals surface area contributed by atoms with Crippen molar-refractivity contribution in [2.24, 2.45) is 0 Å². The van der Waals surface area contributed by atoms with Crippen LogP contribution in [0.2, 0.25) is 0 Å². The summed E-state index contributed by atoms with van der Waals surface area (Å²) < 4.78 is 45.3. The van der Waals surface area contributed by atoms with Crippen molar-refractivity contribution in [2.75, 3.05) is 6.61 Å². The molecule has 4 rings (SSSR count).